The average Bonchev–Trinajstić information content (AvgIpc) is 3.34. The number of nitrogens with zero attached hydrogens (tertiary/aromatic N) is 3. The quantitative estimate of drug-likeness (QED) is 0.822. The number of hydrogen-bond donors (Lipinski definition) is 1. The summed E-state index contributed by atoms with van der Waals surface area (Å²) in [5, 5.41) is 3.04. The molecule has 1 atom stereocenters. The maximum atomic E-state index is 13.1. The van der Waals surface area contributed by atoms with Crippen molar-refractivity contribution in [3.63, 3.8) is 0 Å². The summed E-state index contributed by atoms with van der Waals surface area (Å²) in [5.74, 6) is 0.916. The van der Waals surface area contributed by atoms with E-state index < -0.39 is 17.7 Å². The van der Waals surface area contributed by atoms with Crippen LogP contribution in [0.1, 0.15) is 52.3 Å². The highest BCUT2D eigenvalue weighted by molar-refractivity contribution is 5.99. The lowest BCUT2D eigenvalue weighted by Crippen LogP contribution is -2.45. The van der Waals surface area contributed by atoms with Crippen LogP contribution in [0.4, 0.5) is 10.5 Å². The van der Waals surface area contributed by atoms with Gasteiger partial charge in [-0.15, -0.1) is 0 Å². The largest absolute Gasteiger partial charge is 0.444 e. The van der Waals surface area contributed by atoms with Gasteiger partial charge in [0.2, 0.25) is 5.91 Å². The number of amides is 2. The zero-order valence-corrected chi connectivity index (χ0v) is 18.0. The number of benzene rings is 1. The van der Waals surface area contributed by atoms with E-state index in [4.69, 9.17) is 9.72 Å². The average molecular weight is 411 g/mol. The van der Waals surface area contributed by atoms with Crippen molar-refractivity contribution in [1.82, 2.24) is 14.5 Å². The molecule has 1 unspecified atom stereocenters. The highest BCUT2D eigenvalue weighted by atomic mass is 16.6. The summed E-state index contributed by atoms with van der Waals surface area (Å²) < 4.78 is 7.69. The molecule has 1 aromatic heterocycles. The molecule has 0 aliphatic carbocycles. The maximum absolute atomic E-state index is 13.1. The zero-order valence-electron chi connectivity index (χ0n) is 18.0. The number of anilines is 1. The summed E-state index contributed by atoms with van der Waals surface area (Å²) in [6, 6.07) is 7.19. The number of carbonyl (C=O) groups excluding carboxylic acids is 2. The number of imidazole rings is 1. The first kappa shape index (κ1) is 20.4. The van der Waals surface area contributed by atoms with Crippen LogP contribution in [0.5, 0.6) is 0 Å². The van der Waals surface area contributed by atoms with Crippen LogP contribution in [0.3, 0.4) is 0 Å². The van der Waals surface area contributed by atoms with Crippen molar-refractivity contribution in [3.8, 4) is 11.3 Å². The second-order valence-corrected chi connectivity index (χ2v) is 9.06. The standard InChI is InChI=1S/C23H30N4O3/c1-23(2,3)30-22(29)27-14-8-11-19(27)21(28)25-17-10-5-4-9-16(17)18-15-26-13-7-6-12-20(26)24-18/h4-5,9-10,15,19H,6-8,11-14H2,1-3H3,(H,25,28). The van der Waals surface area contributed by atoms with Gasteiger partial charge in [0.1, 0.15) is 17.5 Å². The van der Waals surface area contributed by atoms with E-state index >= 15 is 0 Å². The smallest absolute Gasteiger partial charge is 0.410 e. The number of ether oxygens (including phenoxy) is 1. The minimum atomic E-state index is -0.590. The summed E-state index contributed by atoms with van der Waals surface area (Å²) in [6.07, 6.45) is 6.37. The van der Waals surface area contributed by atoms with Crippen LogP contribution in [0, 0.1) is 0 Å². The van der Waals surface area contributed by atoms with E-state index in [1.807, 2.05) is 45.0 Å². The summed E-state index contributed by atoms with van der Waals surface area (Å²) in [5.41, 5.74) is 1.90. The van der Waals surface area contributed by atoms with Gasteiger partial charge in [-0.05, 0) is 52.5 Å². The first-order chi connectivity index (χ1) is 14.3. The lowest BCUT2D eigenvalue weighted by Gasteiger charge is -2.28. The third kappa shape index (κ3) is 4.35. The van der Waals surface area contributed by atoms with Gasteiger partial charge >= 0.3 is 6.09 Å². The molecule has 1 fully saturated rings. The summed E-state index contributed by atoms with van der Waals surface area (Å²) in [7, 11) is 0. The Kier molecular flexibility index (Phi) is 5.54. The maximum Gasteiger partial charge on any atom is 0.410 e. The normalized spacial score (nSPS) is 18.8. The van der Waals surface area contributed by atoms with Gasteiger partial charge in [0.15, 0.2) is 0 Å². The summed E-state index contributed by atoms with van der Waals surface area (Å²) in [4.78, 5) is 32.0. The molecule has 160 valence electrons. The number of rotatable bonds is 3. The molecule has 1 aromatic carbocycles. The molecule has 4 rings (SSSR count). The van der Waals surface area contributed by atoms with Crippen LogP contribution in [0.15, 0.2) is 30.5 Å². The number of carbonyl (C=O) groups is 2. The van der Waals surface area contributed by atoms with E-state index in [2.05, 4.69) is 16.1 Å². The lowest BCUT2D eigenvalue weighted by atomic mass is 10.1. The molecule has 30 heavy (non-hydrogen) atoms. The third-order valence-corrected chi connectivity index (χ3v) is 5.55. The second kappa shape index (κ2) is 8.13. The number of aromatic nitrogens is 2. The van der Waals surface area contributed by atoms with E-state index in [0.29, 0.717) is 18.7 Å². The molecule has 2 aromatic rings. The van der Waals surface area contributed by atoms with E-state index in [1.165, 1.54) is 6.42 Å². The Morgan fingerprint density at radius 3 is 2.70 bits per heavy atom. The molecular weight excluding hydrogens is 380 g/mol. The SMILES string of the molecule is CC(C)(C)OC(=O)N1CCCC1C(=O)Nc1ccccc1-c1cn2c(n1)CCCC2. The molecule has 3 heterocycles. The minimum Gasteiger partial charge on any atom is -0.444 e. The molecule has 1 saturated heterocycles. The Morgan fingerprint density at radius 1 is 1.13 bits per heavy atom. The van der Waals surface area contributed by atoms with E-state index in [0.717, 1.165) is 42.9 Å². The molecule has 2 aliphatic heterocycles. The summed E-state index contributed by atoms with van der Waals surface area (Å²) in [6.45, 7) is 7.01. The van der Waals surface area contributed by atoms with E-state index in [1.54, 1.807) is 4.90 Å². The van der Waals surface area contributed by atoms with Gasteiger partial charge in [0.05, 0.1) is 11.4 Å². The highest BCUT2D eigenvalue weighted by Crippen LogP contribution is 2.30. The number of hydrogen-bond acceptors (Lipinski definition) is 4. The van der Waals surface area contributed by atoms with Crippen LogP contribution in [-0.2, 0) is 22.5 Å². The highest BCUT2D eigenvalue weighted by Gasteiger charge is 2.36. The molecule has 0 radical (unpaired) electrons. The first-order valence-electron chi connectivity index (χ1n) is 10.8. The monoisotopic (exact) mass is 410 g/mol. The number of fused-ring (bicyclic) bond motifs is 1. The van der Waals surface area contributed by atoms with Gasteiger partial charge in [-0.25, -0.2) is 9.78 Å². The predicted octanol–water partition coefficient (Wildman–Crippen LogP) is 4.22. The Labute approximate surface area is 177 Å². The first-order valence-corrected chi connectivity index (χ1v) is 10.8. The van der Waals surface area contributed by atoms with Crippen LogP contribution in [0.25, 0.3) is 11.3 Å². The minimum absolute atomic E-state index is 0.185. The molecular formula is C23H30N4O3. The lowest BCUT2D eigenvalue weighted by molar-refractivity contribution is -0.120. The molecule has 0 saturated carbocycles. The molecule has 0 spiro atoms. The fourth-order valence-corrected chi connectivity index (χ4v) is 4.15. The van der Waals surface area contributed by atoms with Crippen molar-refractivity contribution in [2.24, 2.45) is 0 Å². The van der Waals surface area contributed by atoms with Crippen LogP contribution >= 0.6 is 0 Å². The van der Waals surface area contributed by atoms with Gasteiger partial charge < -0.3 is 14.6 Å². The van der Waals surface area contributed by atoms with Gasteiger partial charge in [0.25, 0.3) is 0 Å². The van der Waals surface area contributed by atoms with Crippen LogP contribution in [-0.4, -0.2) is 44.6 Å². The fourth-order valence-electron chi connectivity index (χ4n) is 4.15. The van der Waals surface area contributed by atoms with Crippen molar-refractivity contribution < 1.29 is 14.3 Å². The van der Waals surface area contributed by atoms with Crippen LogP contribution < -0.4 is 5.32 Å². The van der Waals surface area contributed by atoms with Crippen molar-refractivity contribution in [1.29, 1.82) is 0 Å². The van der Waals surface area contributed by atoms with Gasteiger partial charge in [-0.1, -0.05) is 18.2 Å². The Morgan fingerprint density at radius 2 is 1.93 bits per heavy atom. The van der Waals surface area contributed by atoms with Gasteiger partial charge in [0, 0.05) is 31.3 Å². The van der Waals surface area contributed by atoms with Gasteiger partial charge in [-0.3, -0.25) is 9.69 Å². The molecule has 0 bridgehead atoms. The summed E-state index contributed by atoms with van der Waals surface area (Å²) >= 11 is 0. The number of likely N-dealkylation sites (tertiary alicyclic amines) is 1. The van der Waals surface area contributed by atoms with Crippen molar-refractivity contribution in [3.05, 3.63) is 36.3 Å². The predicted molar refractivity (Wildman–Crippen MR) is 115 cm³/mol. The topological polar surface area (TPSA) is 76.5 Å². The number of para-hydroxylation sites is 1. The number of nitrogens with one attached hydrogen (secondary N) is 1. The Balaban J connectivity index is 1.52. The molecule has 1 N–H and O–H groups in total. The van der Waals surface area contributed by atoms with Crippen molar-refractivity contribution in [2.75, 3.05) is 11.9 Å². The third-order valence-electron chi connectivity index (χ3n) is 5.55. The van der Waals surface area contributed by atoms with Crippen molar-refractivity contribution in [2.45, 2.75) is 71.1 Å². The van der Waals surface area contributed by atoms with Crippen LogP contribution in [0.2, 0.25) is 0 Å². The fraction of sp³-hybridized carbons (Fsp3) is 0.522. The molecule has 7 nitrogen and oxygen atoms in total. The number of aryl methyl sites for hydroxylation is 2. The Hall–Kier alpha value is -2.83. The molecule has 2 amide bonds. The molecule has 2 aliphatic rings. The Bertz CT molecular complexity index is 921. The van der Waals surface area contributed by atoms with Gasteiger partial charge in [-0.2, -0.15) is 0 Å². The van der Waals surface area contributed by atoms with Crippen molar-refractivity contribution >= 4 is 17.7 Å². The van der Waals surface area contributed by atoms with E-state index in [-0.39, 0.29) is 5.91 Å². The molecule has 7 heteroatoms. The zero-order chi connectivity index (χ0) is 21.3. The second-order valence-electron chi connectivity index (χ2n) is 9.06. The van der Waals surface area contributed by atoms with E-state index in [9.17, 15) is 9.59 Å².